The van der Waals surface area contributed by atoms with Gasteiger partial charge in [0.25, 0.3) is 0 Å². The van der Waals surface area contributed by atoms with Gasteiger partial charge in [-0.15, -0.1) is 0 Å². The first-order chi connectivity index (χ1) is 12.7. The lowest BCUT2D eigenvalue weighted by molar-refractivity contribution is -0.133. The number of para-hydroxylation sites is 1. The summed E-state index contributed by atoms with van der Waals surface area (Å²) in [5, 5.41) is 4.80. The maximum absolute atomic E-state index is 12.8. The van der Waals surface area contributed by atoms with Crippen LogP contribution in [-0.2, 0) is 16.1 Å². The molecule has 5 heteroatoms. The van der Waals surface area contributed by atoms with Crippen LogP contribution in [0.3, 0.4) is 0 Å². The van der Waals surface area contributed by atoms with Crippen LogP contribution < -0.4 is 15.8 Å². The van der Waals surface area contributed by atoms with Gasteiger partial charge in [0.1, 0.15) is 0 Å². The number of hydrazine groups is 1. The summed E-state index contributed by atoms with van der Waals surface area (Å²) in [6.45, 7) is 2.59. The highest BCUT2D eigenvalue weighted by Crippen LogP contribution is 2.21. The Hall–Kier alpha value is -2.82. The molecule has 136 valence electrons. The zero-order chi connectivity index (χ0) is 18.4. The highest BCUT2D eigenvalue weighted by molar-refractivity contribution is 5.87. The fourth-order valence-electron chi connectivity index (χ4n) is 3.26. The molecule has 1 saturated heterocycles. The van der Waals surface area contributed by atoms with Gasteiger partial charge in [-0.3, -0.25) is 20.0 Å². The average molecular weight is 351 g/mol. The molecule has 0 spiro atoms. The molecule has 1 fully saturated rings. The quantitative estimate of drug-likeness (QED) is 0.787. The van der Waals surface area contributed by atoms with E-state index in [-0.39, 0.29) is 30.2 Å². The van der Waals surface area contributed by atoms with Gasteiger partial charge in [0.15, 0.2) is 0 Å². The van der Waals surface area contributed by atoms with Gasteiger partial charge in [0, 0.05) is 12.5 Å². The van der Waals surface area contributed by atoms with Gasteiger partial charge < -0.3 is 5.32 Å². The van der Waals surface area contributed by atoms with Crippen LogP contribution in [-0.4, -0.2) is 17.9 Å². The molecule has 0 radical (unpaired) electrons. The van der Waals surface area contributed by atoms with Gasteiger partial charge >= 0.3 is 0 Å². The molecule has 2 aromatic carbocycles. The normalized spacial score (nSPS) is 19.5. The van der Waals surface area contributed by atoms with Crippen LogP contribution in [0.2, 0.25) is 0 Å². The SMILES string of the molecule is CC[C@@H]1C[C@@H](C(=O)NN(Cc2ccccc2)c2ccccc2)CC(=O)N1. The molecule has 1 aliphatic rings. The minimum Gasteiger partial charge on any atom is -0.353 e. The smallest absolute Gasteiger partial charge is 0.242 e. The summed E-state index contributed by atoms with van der Waals surface area (Å²) in [5.41, 5.74) is 5.05. The molecular weight excluding hydrogens is 326 g/mol. The Morgan fingerprint density at radius 1 is 1.12 bits per heavy atom. The van der Waals surface area contributed by atoms with Crippen molar-refractivity contribution in [3.05, 3.63) is 66.2 Å². The van der Waals surface area contributed by atoms with E-state index in [0.717, 1.165) is 17.7 Å². The lowest BCUT2D eigenvalue weighted by Gasteiger charge is -2.32. The number of anilines is 1. The molecule has 0 aliphatic carbocycles. The van der Waals surface area contributed by atoms with E-state index in [1.54, 1.807) is 0 Å². The average Bonchev–Trinajstić information content (AvgIpc) is 2.68. The summed E-state index contributed by atoms with van der Waals surface area (Å²) in [6, 6.07) is 19.8. The first-order valence-electron chi connectivity index (χ1n) is 9.12. The second-order valence-electron chi connectivity index (χ2n) is 6.69. The van der Waals surface area contributed by atoms with Crippen molar-refractivity contribution in [3.8, 4) is 0 Å². The molecular formula is C21H25N3O2. The maximum atomic E-state index is 12.8. The number of hydrogen-bond acceptors (Lipinski definition) is 3. The number of benzene rings is 2. The summed E-state index contributed by atoms with van der Waals surface area (Å²) in [4.78, 5) is 24.7. The van der Waals surface area contributed by atoms with E-state index in [1.807, 2.05) is 72.6 Å². The van der Waals surface area contributed by atoms with Gasteiger partial charge in [-0.2, -0.15) is 0 Å². The second kappa shape index (κ2) is 8.52. The second-order valence-corrected chi connectivity index (χ2v) is 6.69. The van der Waals surface area contributed by atoms with Gasteiger partial charge in [0.05, 0.1) is 18.2 Å². The highest BCUT2D eigenvalue weighted by Gasteiger charge is 2.31. The van der Waals surface area contributed by atoms with Crippen LogP contribution in [0.1, 0.15) is 31.7 Å². The summed E-state index contributed by atoms with van der Waals surface area (Å²) >= 11 is 0. The highest BCUT2D eigenvalue weighted by atomic mass is 16.2. The van der Waals surface area contributed by atoms with Crippen molar-refractivity contribution < 1.29 is 9.59 Å². The molecule has 2 aromatic rings. The third kappa shape index (κ3) is 4.63. The van der Waals surface area contributed by atoms with Gasteiger partial charge in [-0.1, -0.05) is 55.5 Å². The van der Waals surface area contributed by atoms with Crippen molar-refractivity contribution in [2.45, 2.75) is 38.8 Å². The number of nitrogens with one attached hydrogen (secondary N) is 2. The van der Waals surface area contributed by atoms with Crippen LogP contribution in [0, 0.1) is 5.92 Å². The Morgan fingerprint density at radius 2 is 1.77 bits per heavy atom. The van der Waals surface area contributed by atoms with E-state index in [2.05, 4.69) is 10.7 Å². The predicted molar refractivity (Wildman–Crippen MR) is 102 cm³/mol. The fraction of sp³-hybridized carbons (Fsp3) is 0.333. The molecule has 0 bridgehead atoms. The molecule has 2 N–H and O–H groups in total. The molecule has 0 saturated carbocycles. The van der Waals surface area contributed by atoms with Crippen molar-refractivity contribution in [2.75, 3.05) is 5.01 Å². The molecule has 0 unspecified atom stereocenters. The minimum absolute atomic E-state index is 0.0439. The van der Waals surface area contributed by atoms with Crippen LogP contribution in [0.5, 0.6) is 0 Å². The Balaban J connectivity index is 1.74. The van der Waals surface area contributed by atoms with Crippen LogP contribution >= 0.6 is 0 Å². The van der Waals surface area contributed by atoms with Crippen LogP contribution in [0.25, 0.3) is 0 Å². The first-order valence-corrected chi connectivity index (χ1v) is 9.12. The molecule has 1 heterocycles. The van der Waals surface area contributed by atoms with Crippen LogP contribution in [0.15, 0.2) is 60.7 Å². The number of rotatable bonds is 6. The van der Waals surface area contributed by atoms with Crippen molar-refractivity contribution in [2.24, 2.45) is 5.92 Å². The molecule has 3 rings (SSSR count). The van der Waals surface area contributed by atoms with Gasteiger partial charge in [-0.05, 0) is 30.5 Å². The maximum Gasteiger partial charge on any atom is 0.242 e. The van der Waals surface area contributed by atoms with Gasteiger partial charge in [-0.25, -0.2) is 0 Å². The number of carbonyl (C=O) groups excluding carboxylic acids is 2. The molecule has 5 nitrogen and oxygen atoms in total. The first kappa shape index (κ1) is 18.0. The van der Waals surface area contributed by atoms with Crippen molar-refractivity contribution >= 4 is 17.5 Å². The number of carbonyl (C=O) groups is 2. The number of piperidine rings is 1. The standard InChI is InChI=1S/C21H25N3O2/c1-2-18-13-17(14-20(25)22-18)21(26)23-24(19-11-7-4-8-12-19)15-16-9-5-3-6-10-16/h3-12,17-18H,2,13-15H2,1H3,(H,22,25)(H,23,26)/t17-,18-/m1/s1. The van der Waals surface area contributed by atoms with E-state index in [0.29, 0.717) is 13.0 Å². The number of nitrogens with zero attached hydrogens (tertiary/aromatic N) is 1. The fourth-order valence-corrected chi connectivity index (χ4v) is 3.26. The van der Waals surface area contributed by atoms with E-state index in [1.165, 1.54) is 0 Å². The molecule has 1 aliphatic heterocycles. The van der Waals surface area contributed by atoms with E-state index in [4.69, 9.17) is 0 Å². The molecule has 2 atom stereocenters. The Morgan fingerprint density at radius 3 is 2.42 bits per heavy atom. The Bertz CT molecular complexity index is 733. The van der Waals surface area contributed by atoms with E-state index >= 15 is 0 Å². The largest absolute Gasteiger partial charge is 0.353 e. The third-order valence-corrected chi connectivity index (χ3v) is 4.73. The van der Waals surface area contributed by atoms with Crippen molar-refractivity contribution in [1.29, 1.82) is 0 Å². The lowest BCUT2D eigenvalue weighted by atomic mass is 9.90. The van der Waals surface area contributed by atoms with E-state index in [9.17, 15) is 9.59 Å². The molecule has 26 heavy (non-hydrogen) atoms. The Labute approximate surface area is 154 Å². The van der Waals surface area contributed by atoms with E-state index < -0.39 is 0 Å². The summed E-state index contributed by atoms with van der Waals surface area (Å²) < 4.78 is 0. The topological polar surface area (TPSA) is 61.4 Å². The molecule has 2 amide bonds. The Kier molecular flexibility index (Phi) is 5.89. The van der Waals surface area contributed by atoms with Crippen LogP contribution in [0.4, 0.5) is 5.69 Å². The number of amides is 2. The zero-order valence-electron chi connectivity index (χ0n) is 15.0. The number of hydrogen-bond donors (Lipinski definition) is 2. The lowest BCUT2D eigenvalue weighted by Crippen LogP contribution is -2.50. The van der Waals surface area contributed by atoms with Crippen molar-refractivity contribution in [3.63, 3.8) is 0 Å². The molecule has 0 aromatic heterocycles. The minimum atomic E-state index is -0.296. The zero-order valence-corrected chi connectivity index (χ0v) is 15.0. The monoisotopic (exact) mass is 351 g/mol. The predicted octanol–water partition coefficient (Wildman–Crippen LogP) is 3.03. The third-order valence-electron chi connectivity index (χ3n) is 4.73. The summed E-state index contributed by atoms with van der Waals surface area (Å²) in [5.74, 6) is -0.439. The van der Waals surface area contributed by atoms with Gasteiger partial charge in [0.2, 0.25) is 11.8 Å². The summed E-state index contributed by atoms with van der Waals surface area (Å²) in [6.07, 6.45) is 1.76. The van der Waals surface area contributed by atoms with Crippen molar-refractivity contribution in [1.82, 2.24) is 10.7 Å². The summed E-state index contributed by atoms with van der Waals surface area (Å²) in [7, 11) is 0.